The molecule has 18 heavy (non-hydrogen) atoms. The normalized spacial score (nSPS) is 26.0. The molecule has 1 fully saturated rings. The summed E-state index contributed by atoms with van der Waals surface area (Å²) in [5.74, 6) is 1.09. The molecule has 1 aliphatic carbocycles. The minimum Gasteiger partial charge on any atom is -0.388 e. The molecule has 0 aromatic heterocycles. The topological polar surface area (TPSA) is 20.2 Å². The second-order valence-electron chi connectivity index (χ2n) is 5.56. The van der Waals surface area contributed by atoms with Gasteiger partial charge in [0.05, 0.1) is 6.10 Å². The lowest BCUT2D eigenvalue weighted by Gasteiger charge is -2.35. The fourth-order valence-corrected chi connectivity index (χ4v) is 3.59. The summed E-state index contributed by atoms with van der Waals surface area (Å²) in [5.41, 5.74) is 2.17. The Morgan fingerprint density at radius 1 is 1.33 bits per heavy atom. The average Bonchev–Trinajstić information content (AvgIpc) is 2.38. The van der Waals surface area contributed by atoms with E-state index < -0.39 is 0 Å². The molecule has 100 valence electrons. The van der Waals surface area contributed by atoms with E-state index in [9.17, 15) is 5.11 Å². The van der Waals surface area contributed by atoms with Crippen molar-refractivity contribution in [3.8, 4) is 0 Å². The van der Waals surface area contributed by atoms with E-state index >= 15 is 0 Å². The van der Waals surface area contributed by atoms with Gasteiger partial charge in [0.1, 0.15) is 0 Å². The lowest BCUT2D eigenvalue weighted by Crippen LogP contribution is -2.25. The van der Waals surface area contributed by atoms with E-state index in [1.54, 1.807) is 0 Å². The first-order chi connectivity index (χ1) is 8.63. The van der Waals surface area contributed by atoms with Crippen LogP contribution < -0.4 is 0 Å². The lowest BCUT2D eigenvalue weighted by molar-refractivity contribution is 0.0448. The van der Waals surface area contributed by atoms with Gasteiger partial charge < -0.3 is 5.11 Å². The number of hydrogen-bond acceptors (Lipinski definition) is 1. The molecule has 1 aromatic rings. The van der Waals surface area contributed by atoms with Crippen LogP contribution in [-0.4, -0.2) is 5.11 Å². The molecule has 0 aliphatic heterocycles. The lowest BCUT2D eigenvalue weighted by atomic mass is 9.73. The SMILES string of the molecule is CCC1CCCCC1C(O)c1ccc(Cl)cc1C. The van der Waals surface area contributed by atoms with Gasteiger partial charge in [-0.15, -0.1) is 0 Å². The van der Waals surface area contributed by atoms with Gasteiger partial charge in [0.25, 0.3) is 0 Å². The third kappa shape index (κ3) is 2.89. The monoisotopic (exact) mass is 266 g/mol. The minimum atomic E-state index is -0.326. The number of hydrogen-bond donors (Lipinski definition) is 1. The highest BCUT2D eigenvalue weighted by atomic mass is 35.5. The fraction of sp³-hybridized carbons (Fsp3) is 0.625. The Morgan fingerprint density at radius 2 is 2.06 bits per heavy atom. The van der Waals surface area contributed by atoms with Crippen LogP contribution in [0.4, 0.5) is 0 Å². The predicted molar refractivity (Wildman–Crippen MR) is 76.9 cm³/mol. The largest absolute Gasteiger partial charge is 0.388 e. The first kappa shape index (κ1) is 13.9. The average molecular weight is 267 g/mol. The Kier molecular flexibility index (Phi) is 4.69. The van der Waals surface area contributed by atoms with Gasteiger partial charge in [0.2, 0.25) is 0 Å². The third-order valence-corrected chi connectivity index (χ3v) is 4.68. The van der Waals surface area contributed by atoms with E-state index in [2.05, 4.69) is 6.92 Å². The number of aryl methyl sites for hydroxylation is 1. The smallest absolute Gasteiger partial charge is 0.0823 e. The number of aliphatic hydroxyl groups is 1. The van der Waals surface area contributed by atoms with E-state index in [1.165, 1.54) is 25.7 Å². The van der Waals surface area contributed by atoms with E-state index in [1.807, 2.05) is 25.1 Å². The zero-order valence-electron chi connectivity index (χ0n) is 11.3. The number of benzene rings is 1. The molecule has 0 heterocycles. The second-order valence-corrected chi connectivity index (χ2v) is 6.00. The van der Waals surface area contributed by atoms with Crippen LogP contribution in [0.5, 0.6) is 0 Å². The summed E-state index contributed by atoms with van der Waals surface area (Å²) in [7, 11) is 0. The molecule has 1 nitrogen and oxygen atoms in total. The van der Waals surface area contributed by atoms with Crippen molar-refractivity contribution >= 4 is 11.6 Å². The Bertz CT molecular complexity index is 402. The molecule has 1 aromatic carbocycles. The van der Waals surface area contributed by atoms with Crippen molar-refractivity contribution in [1.82, 2.24) is 0 Å². The van der Waals surface area contributed by atoms with Crippen molar-refractivity contribution in [2.45, 2.75) is 52.1 Å². The van der Waals surface area contributed by atoms with Gasteiger partial charge in [-0.2, -0.15) is 0 Å². The van der Waals surface area contributed by atoms with Gasteiger partial charge in [-0.3, -0.25) is 0 Å². The number of rotatable bonds is 3. The maximum atomic E-state index is 10.7. The maximum absolute atomic E-state index is 10.7. The molecule has 3 unspecified atom stereocenters. The van der Waals surface area contributed by atoms with Crippen LogP contribution in [0.1, 0.15) is 56.3 Å². The minimum absolute atomic E-state index is 0.326. The summed E-state index contributed by atoms with van der Waals surface area (Å²) >= 11 is 5.98. The molecule has 1 saturated carbocycles. The third-order valence-electron chi connectivity index (χ3n) is 4.45. The predicted octanol–water partition coefficient (Wildman–Crippen LogP) is 4.90. The zero-order valence-corrected chi connectivity index (χ0v) is 12.1. The molecule has 2 heteroatoms. The first-order valence-electron chi connectivity index (χ1n) is 7.07. The summed E-state index contributed by atoms with van der Waals surface area (Å²) in [4.78, 5) is 0. The molecule has 3 atom stereocenters. The van der Waals surface area contributed by atoms with Crippen LogP contribution in [0, 0.1) is 18.8 Å². The van der Waals surface area contributed by atoms with Crippen molar-refractivity contribution in [1.29, 1.82) is 0 Å². The summed E-state index contributed by atoms with van der Waals surface area (Å²) in [6.07, 6.45) is 5.85. The van der Waals surface area contributed by atoms with Gasteiger partial charge in [-0.1, -0.05) is 50.3 Å². The highest BCUT2D eigenvalue weighted by Gasteiger charge is 2.31. The van der Waals surface area contributed by atoms with Crippen molar-refractivity contribution in [3.63, 3.8) is 0 Å². The molecule has 0 amide bonds. The molecule has 1 N–H and O–H groups in total. The van der Waals surface area contributed by atoms with Crippen LogP contribution >= 0.6 is 11.6 Å². The Labute approximate surface area is 115 Å². The van der Waals surface area contributed by atoms with Crippen LogP contribution in [0.25, 0.3) is 0 Å². The van der Waals surface area contributed by atoms with Crippen molar-refractivity contribution < 1.29 is 5.11 Å². The molecule has 0 spiro atoms. The highest BCUT2D eigenvalue weighted by molar-refractivity contribution is 6.30. The summed E-state index contributed by atoms with van der Waals surface area (Å²) in [6.45, 7) is 4.28. The summed E-state index contributed by atoms with van der Waals surface area (Å²) < 4.78 is 0. The standard InChI is InChI=1S/C16H23ClO/c1-3-12-6-4-5-7-15(12)16(18)14-9-8-13(17)10-11(14)2/h8-10,12,15-16,18H,3-7H2,1-2H3. The molecule has 0 saturated heterocycles. The van der Waals surface area contributed by atoms with E-state index in [-0.39, 0.29) is 6.10 Å². The van der Waals surface area contributed by atoms with Crippen LogP contribution in [-0.2, 0) is 0 Å². The van der Waals surface area contributed by atoms with E-state index in [0.29, 0.717) is 11.8 Å². The fourth-order valence-electron chi connectivity index (χ4n) is 3.36. The van der Waals surface area contributed by atoms with Gasteiger partial charge in [0.15, 0.2) is 0 Å². The Hall–Kier alpha value is -0.530. The van der Waals surface area contributed by atoms with Crippen LogP contribution in [0.15, 0.2) is 18.2 Å². The highest BCUT2D eigenvalue weighted by Crippen LogP contribution is 2.41. The summed E-state index contributed by atoms with van der Waals surface area (Å²) in [5, 5.41) is 11.4. The Morgan fingerprint density at radius 3 is 2.72 bits per heavy atom. The molecular weight excluding hydrogens is 244 g/mol. The van der Waals surface area contributed by atoms with Crippen LogP contribution in [0.3, 0.4) is 0 Å². The van der Waals surface area contributed by atoms with E-state index in [4.69, 9.17) is 11.6 Å². The van der Waals surface area contributed by atoms with E-state index in [0.717, 1.165) is 22.6 Å². The number of halogens is 1. The zero-order chi connectivity index (χ0) is 13.1. The molecule has 2 rings (SSSR count). The second kappa shape index (κ2) is 6.08. The number of aliphatic hydroxyl groups excluding tert-OH is 1. The molecular formula is C16H23ClO. The van der Waals surface area contributed by atoms with Crippen LogP contribution in [0.2, 0.25) is 5.02 Å². The van der Waals surface area contributed by atoms with Gasteiger partial charge in [-0.25, -0.2) is 0 Å². The quantitative estimate of drug-likeness (QED) is 0.825. The van der Waals surface area contributed by atoms with Gasteiger partial charge in [0, 0.05) is 5.02 Å². The van der Waals surface area contributed by atoms with Crippen molar-refractivity contribution in [2.24, 2.45) is 11.8 Å². The van der Waals surface area contributed by atoms with Crippen molar-refractivity contribution in [3.05, 3.63) is 34.3 Å². The molecule has 0 bridgehead atoms. The van der Waals surface area contributed by atoms with Gasteiger partial charge in [-0.05, 0) is 48.4 Å². The maximum Gasteiger partial charge on any atom is 0.0823 e. The molecule has 1 aliphatic rings. The van der Waals surface area contributed by atoms with Crippen molar-refractivity contribution in [2.75, 3.05) is 0 Å². The molecule has 0 radical (unpaired) electrons. The first-order valence-corrected chi connectivity index (χ1v) is 7.45. The summed E-state index contributed by atoms with van der Waals surface area (Å²) in [6, 6.07) is 5.82. The van der Waals surface area contributed by atoms with Gasteiger partial charge >= 0.3 is 0 Å². The Balaban J connectivity index is 2.20.